The third kappa shape index (κ3) is 2.79. The first-order valence-electron chi connectivity index (χ1n) is 5.28. The highest BCUT2D eigenvalue weighted by Gasteiger charge is 2.06. The smallest absolute Gasteiger partial charge is 0.219 e. The minimum atomic E-state index is -0.407. The van der Waals surface area contributed by atoms with Crippen LogP contribution in [0.4, 0.5) is 4.39 Å². The Morgan fingerprint density at radius 3 is 2.88 bits per heavy atom. The highest BCUT2D eigenvalue weighted by Crippen LogP contribution is 2.24. The van der Waals surface area contributed by atoms with Crippen molar-refractivity contribution in [2.75, 3.05) is 0 Å². The van der Waals surface area contributed by atoms with Gasteiger partial charge in [0.1, 0.15) is 0 Å². The normalized spacial score (nSPS) is 10.3. The molecule has 1 heterocycles. The third-order valence-electron chi connectivity index (χ3n) is 2.34. The lowest BCUT2D eigenvalue weighted by Crippen LogP contribution is -1.98. The topological polar surface area (TPSA) is 48.1 Å². The molecule has 0 saturated heterocycles. The minimum absolute atomic E-state index is 0.173. The zero-order chi connectivity index (χ0) is 12.3. The molecule has 1 aromatic heterocycles. The molecule has 0 aliphatic rings. The van der Waals surface area contributed by atoms with E-state index >= 15 is 0 Å². The average Bonchev–Trinajstić information content (AvgIpc) is 2.34. The molecular formula is C13H13FN2O. The molecule has 0 radical (unpaired) electrons. The van der Waals surface area contributed by atoms with E-state index in [1.54, 1.807) is 30.5 Å². The maximum Gasteiger partial charge on any atom is 0.219 e. The number of halogens is 1. The van der Waals surface area contributed by atoms with Gasteiger partial charge in [-0.25, -0.2) is 9.37 Å². The molecule has 2 aromatic rings. The summed E-state index contributed by atoms with van der Waals surface area (Å²) in [7, 11) is 0. The molecule has 0 amide bonds. The summed E-state index contributed by atoms with van der Waals surface area (Å²) in [6, 6.07) is 8.18. The van der Waals surface area contributed by atoms with Crippen LogP contribution in [0, 0.1) is 12.7 Å². The zero-order valence-electron chi connectivity index (χ0n) is 9.48. The van der Waals surface area contributed by atoms with Gasteiger partial charge in [-0.2, -0.15) is 0 Å². The second-order valence-corrected chi connectivity index (χ2v) is 3.74. The molecule has 0 spiro atoms. The molecule has 0 unspecified atom stereocenters. The minimum Gasteiger partial charge on any atom is -0.436 e. The van der Waals surface area contributed by atoms with Crippen LogP contribution in [0.3, 0.4) is 0 Å². The zero-order valence-corrected chi connectivity index (χ0v) is 9.48. The predicted molar refractivity (Wildman–Crippen MR) is 63.3 cm³/mol. The molecule has 1 aromatic carbocycles. The van der Waals surface area contributed by atoms with Gasteiger partial charge in [-0.05, 0) is 36.2 Å². The second kappa shape index (κ2) is 4.93. The Labute approximate surface area is 99.1 Å². The fourth-order valence-corrected chi connectivity index (χ4v) is 1.43. The van der Waals surface area contributed by atoms with Crippen molar-refractivity contribution in [3.8, 4) is 11.6 Å². The van der Waals surface area contributed by atoms with E-state index in [-0.39, 0.29) is 5.75 Å². The quantitative estimate of drug-likeness (QED) is 0.885. The van der Waals surface area contributed by atoms with Gasteiger partial charge in [0.05, 0.1) is 0 Å². The van der Waals surface area contributed by atoms with Crippen molar-refractivity contribution < 1.29 is 9.13 Å². The molecule has 0 aliphatic carbocycles. The molecule has 17 heavy (non-hydrogen) atoms. The Balaban J connectivity index is 2.27. The van der Waals surface area contributed by atoms with Crippen molar-refractivity contribution in [2.24, 2.45) is 5.73 Å². The van der Waals surface area contributed by atoms with Crippen LogP contribution in [0.15, 0.2) is 36.5 Å². The number of benzene rings is 1. The lowest BCUT2D eigenvalue weighted by molar-refractivity contribution is 0.426. The Morgan fingerprint density at radius 2 is 2.12 bits per heavy atom. The molecule has 2 N–H and O–H groups in total. The molecule has 0 aliphatic heterocycles. The summed E-state index contributed by atoms with van der Waals surface area (Å²) in [6.45, 7) is 2.27. The van der Waals surface area contributed by atoms with Crippen molar-refractivity contribution in [3.05, 3.63) is 53.5 Å². The van der Waals surface area contributed by atoms with Crippen LogP contribution in [0.5, 0.6) is 11.6 Å². The average molecular weight is 232 g/mol. The molecule has 0 saturated carbocycles. The monoisotopic (exact) mass is 232 g/mol. The van der Waals surface area contributed by atoms with Crippen LogP contribution in [-0.2, 0) is 6.54 Å². The van der Waals surface area contributed by atoms with Gasteiger partial charge in [0.25, 0.3) is 0 Å². The van der Waals surface area contributed by atoms with Gasteiger partial charge in [0.2, 0.25) is 5.88 Å². The van der Waals surface area contributed by atoms with E-state index in [9.17, 15) is 4.39 Å². The molecule has 0 atom stereocenters. The van der Waals surface area contributed by atoms with Gasteiger partial charge < -0.3 is 10.5 Å². The third-order valence-corrected chi connectivity index (χ3v) is 2.34. The molecule has 0 bridgehead atoms. The molecule has 2 rings (SSSR count). The van der Waals surface area contributed by atoms with Gasteiger partial charge in [-0.3, -0.25) is 0 Å². The number of hydrogen-bond donors (Lipinski definition) is 1. The summed E-state index contributed by atoms with van der Waals surface area (Å²) < 4.78 is 18.9. The van der Waals surface area contributed by atoms with Crippen molar-refractivity contribution in [1.82, 2.24) is 4.98 Å². The highest BCUT2D eigenvalue weighted by molar-refractivity contribution is 5.33. The van der Waals surface area contributed by atoms with Gasteiger partial charge in [-0.1, -0.05) is 6.07 Å². The van der Waals surface area contributed by atoms with Crippen LogP contribution < -0.4 is 10.5 Å². The van der Waals surface area contributed by atoms with E-state index in [1.807, 2.05) is 6.92 Å². The van der Waals surface area contributed by atoms with E-state index in [2.05, 4.69) is 4.98 Å². The summed E-state index contributed by atoms with van der Waals surface area (Å²) in [4.78, 5) is 4.01. The summed E-state index contributed by atoms with van der Waals surface area (Å²) in [6.07, 6.45) is 1.59. The summed E-state index contributed by atoms with van der Waals surface area (Å²) in [5.41, 5.74) is 7.33. The SMILES string of the molecule is Cc1ccc(F)c(Oc2cc(CN)ccn2)c1. The van der Waals surface area contributed by atoms with E-state index in [0.717, 1.165) is 11.1 Å². The van der Waals surface area contributed by atoms with Crippen LogP contribution in [0.25, 0.3) is 0 Å². The number of rotatable bonds is 3. The summed E-state index contributed by atoms with van der Waals surface area (Å²) >= 11 is 0. The lowest BCUT2D eigenvalue weighted by Gasteiger charge is -2.07. The standard InChI is InChI=1S/C13H13FN2O/c1-9-2-3-11(14)12(6-9)17-13-7-10(8-15)4-5-16-13/h2-7H,8,15H2,1H3. The van der Waals surface area contributed by atoms with Crippen LogP contribution in [0.1, 0.15) is 11.1 Å². The van der Waals surface area contributed by atoms with Gasteiger partial charge in [0.15, 0.2) is 11.6 Å². The largest absolute Gasteiger partial charge is 0.436 e. The molecular weight excluding hydrogens is 219 g/mol. The van der Waals surface area contributed by atoms with Crippen molar-refractivity contribution >= 4 is 0 Å². The molecule has 4 heteroatoms. The maximum atomic E-state index is 13.5. The van der Waals surface area contributed by atoms with Gasteiger partial charge >= 0.3 is 0 Å². The van der Waals surface area contributed by atoms with E-state index in [0.29, 0.717) is 12.4 Å². The Morgan fingerprint density at radius 1 is 1.29 bits per heavy atom. The number of hydrogen-bond acceptors (Lipinski definition) is 3. The van der Waals surface area contributed by atoms with E-state index < -0.39 is 5.82 Å². The molecule has 3 nitrogen and oxygen atoms in total. The van der Waals surface area contributed by atoms with E-state index in [4.69, 9.17) is 10.5 Å². The Bertz CT molecular complexity index is 529. The number of nitrogens with two attached hydrogens (primary N) is 1. The first-order chi connectivity index (χ1) is 8.19. The first kappa shape index (κ1) is 11.5. The van der Waals surface area contributed by atoms with Crippen molar-refractivity contribution in [3.63, 3.8) is 0 Å². The van der Waals surface area contributed by atoms with Gasteiger partial charge in [-0.15, -0.1) is 0 Å². The Kier molecular flexibility index (Phi) is 3.35. The number of aromatic nitrogens is 1. The molecule has 88 valence electrons. The molecule has 0 fully saturated rings. The summed E-state index contributed by atoms with van der Waals surface area (Å²) in [5, 5.41) is 0. The van der Waals surface area contributed by atoms with Crippen LogP contribution in [-0.4, -0.2) is 4.98 Å². The second-order valence-electron chi connectivity index (χ2n) is 3.74. The maximum absolute atomic E-state index is 13.5. The highest BCUT2D eigenvalue weighted by atomic mass is 19.1. The van der Waals surface area contributed by atoms with Gasteiger partial charge in [0, 0.05) is 18.8 Å². The number of ether oxygens (including phenoxy) is 1. The number of aryl methyl sites for hydroxylation is 1. The number of nitrogens with zero attached hydrogens (tertiary/aromatic N) is 1. The lowest BCUT2D eigenvalue weighted by atomic mass is 10.2. The number of pyridine rings is 1. The van der Waals surface area contributed by atoms with Crippen molar-refractivity contribution in [1.29, 1.82) is 0 Å². The summed E-state index contributed by atoms with van der Waals surface area (Å²) in [5.74, 6) is 0.111. The van der Waals surface area contributed by atoms with Crippen molar-refractivity contribution in [2.45, 2.75) is 13.5 Å². The van der Waals surface area contributed by atoms with Crippen LogP contribution >= 0.6 is 0 Å². The predicted octanol–water partition coefficient (Wildman–Crippen LogP) is 2.78. The first-order valence-corrected chi connectivity index (χ1v) is 5.28. The Hall–Kier alpha value is -1.94. The van der Waals surface area contributed by atoms with Crippen LogP contribution in [0.2, 0.25) is 0 Å². The fourth-order valence-electron chi connectivity index (χ4n) is 1.43. The fraction of sp³-hybridized carbons (Fsp3) is 0.154. The van der Waals surface area contributed by atoms with E-state index in [1.165, 1.54) is 6.07 Å².